The molecule has 0 saturated carbocycles. The van der Waals surface area contributed by atoms with E-state index < -0.39 is 15.9 Å². The Labute approximate surface area is 79.0 Å². The lowest BCUT2D eigenvalue weighted by Crippen LogP contribution is -2.43. The molecule has 78 valence electrons. The van der Waals surface area contributed by atoms with Gasteiger partial charge in [0.05, 0.1) is 17.6 Å². The number of hydrogen-bond acceptors (Lipinski definition) is 4. The highest BCUT2D eigenvalue weighted by Crippen LogP contribution is 2.34. The fraction of sp³-hybridized carbons (Fsp3) is 1.00. The van der Waals surface area contributed by atoms with Crippen LogP contribution in [0.4, 0.5) is 0 Å². The van der Waals surface area contributed by atoms with Gasteiger partial charge < -0.3 is 10.8 Å². The monoisotopic (exact) mass is 207 g/mol. The summed E-state index contributed by atoms with van der Waals surface area (Å²) in [4.78, 5) is 0. The van der Waals surface area contributed by atoms with E-state index in [-0.39, 0.29) is 23.5 Å². The highest BCUT2D eigenvalue weighted by Gasteiger charge is 2.38. The molecule has 0 aromatic carbocycles. The van der Waals surface area contributed by atoms with Gasteiger partial charge in [0.1, 0.15) is 9.84 Å². The number of sulfone groups is 1. The van der Waals surface area contributed by atoms with Crippen molar-refractivity contribution < 1.29 is 13.5 Å². The highest BCUT2D eigenvalue weighted by molar-refractivity contribution is 7.91. The lowest BCUT2D eigenvalue weighted by atomic mass is 9.79. The zero-order chi connectivity index (χ0) is 10.1. The summed E-state index contributed by atoms with van der Waals surface area (Å²) in [6, 6.07) is 0. The lowest BCUT2D eigenvalue weighted by Gasteiger charge is -2.37. The van der Waals surface area contributed by atoms with Crippen LogP contribution in [0.3, 0.4) is 0 Å². The summed E-state index contributed by atoms with van der Waals surface area (Å²) in [7, 11) is -2.85. The number of aliphatic hydroxyl groups excluding tert-OH is 1. The minimum atomic E-state index is -2.85. The predicted octanol–water partition coefficient (Wildman–Crippen LogP) is -0.479. The smallest absolute Gasteiger partial charge is 0.150 e. The largest absolute Gasteiger partial charge is 0.391 e. The van der Waals surface area contributed by atoms with Gasteiger partial charge in [-0.3, -0.25) is 0 Å². The van der Waals surface area contributed by atoms with Crippen molar-refractivity contribution in [1.82, 2.24) is 0 Å². The first-order chi connectivity index (χ1) is 5.90. The summed E-state index contributed by atoms with van der Waals surface area (Å²) in [6.07, 6.45) is 0.462. The van der Waals surface area contributed by atoms with Crippen LogP contribution < -0.4 is 5.73 Å². The molecule has 5 heteroatoms. The van der Waals surface area contributed by atoms with Crippen LogP contribution in [0.25, 0.3) is 0 Å². The van der Waals surface area contributed by atoms with E-state index >= 15 is 0 Å². The summed E-state index contributed by atoms with van der Waals surface area (Å²) in [5, 5.41) is 9.59. The zero-order valence-electron chi connectivity index (χ0n) is 7.86. The van der Waals surface area contributed by atoms with Crippen LogP contribution in [0, 0.1) is 5.41 Å². The van der Waals surface area contributed by atoms with Crippen molar-refractivity contribution in [2.75, 3.05) is 18.1 Å². The second kappa shape index (κ2) is 3.55. The predicted molar refractivity (Wildman–Crippen MR) is 51.1 cm³/mol. The molecule has 1 fully saturated rings. The van der Waals surface area contributed by atoms with E-state index in [1.54, 1.807) is 0 Å². The summed E-state index contributed by atoms with van der Waals surface area (Å²) >= 11 is 0. The minimum Gasteiger partial charge on any atom is -0.391 e. The molecule has 3 N–H and O–H groups in total. The van der Waals surface area contributed by atoms with Crippen molar-refractivity contribution in [2.45, 2.75) is 25.9 Å². The summed E-state index contributed by atoms with van der Waals surface area (Å²) in [6.45, 7) is 2.11. The molecule has 1 aliphatic rings. The fourth-order valence-corrected chi connectivity index (χ4v) is 3.38. The molecule has 0 bridgehead atoms. The molecule has 1 aliphatic heterocycles. The number of hydrogen-bond donors (Lipinski definition) is 2. The van der Waals surface area contributed by atoms with Crippen LogP contribution in [0.2, 0.25) is 0 Å². The molecule has 0 aromatic rings. The number of nitrogens with two attached hydrogens (primary N) is 1. The van der Waals surface area contributed by atoms with Gasteiger partial charge in [0.25, 0.3) is 0 Å². The van der Waals surface area contributed by atoms with Crippen LogP contribution in [-0.4, -0.2) is 37.7 Å². The van der Waals surface area contributed by atoms with E-state index in [0.29, 0.717) is 12.8 Å². The normalized spacial score (nSPS) is 28.2. The van der Waals surface area contributed by atoms with Crippen LogP contribution in [0.15, 0.2) is 0 Å². The van der Waals surface area contributed by atoms with Crippen molar-refractivity contribution in [3.63, 3.8) is 0 Å². The van der Waals surface area contributed by atoms with Crippen molar-refractivity contribution in [1.29, 1.82) is 0 Å². The topological polar surface area (TPSA) is 80.4 Å². The molecule has 0 aliphatic carbocycles. The average molecular weight is 207 g/mol. The third-order valence-corrected chi connectivity index (χ3v) is 4.65. The van der Waals surface area contributed by atoms with Crippen molar-refractivity contribution in [3.05, 3.63) is 0 Å². The molecule has 13 heavy (non-hydrogen) atoms. The van der Waals surface area contributed by atoms with Gasteiger partial charge in [-0.15, -0.1) is 0 Å². The van der Waals surface area contributed by atoms with Crippen molar-refractivity contribution in [3.8, 4) is 0 Å². The second-order valence-corrected chi connectivity index (χ2v) is 6.36. The molecule has 0 amide bonds. The Hall–Kier alpha value is -0.130. The third-order valence-electron chi connectivity index (χ3n) is 3.00. The van der Waals surface area contributed by atoms with Gasteiger partial charge in [-0.25, -0.2) is 8.42 Å². The van der Waals surface area contributed by atoms with Crippen molar-refractivity contribution in [2.24, 2.45) is 11.1 Å². The Morgan fingerprint density at radius 2 is 1.92 bits per heavy atom. The van der Waals surface area contributed by atoms with E-state index in [1.807, 2.05) is 6.92 Å². The minimum absolute atomic E-state index is 0.181. The van der Waals surface area contributed by atoms with Gasteiger partial charge >= 0.3 is 0 Å². The SMILES string of the molecule is CC1(C(O)CN)CCS(=O)(=O)CC1. The maximum absolute atomic E-state index is 11.1. The first-order valence-corrected chi connectivity index (χ1v) is 6.30. The van der Waals surface area contributed by atoms with Gasteiger partial charge in [-0.2, -0.15) is 0 Å². The maximum atomic E-state index is 11.1. The van der Waals surface area contributed by atoms with Crippen LogP contribution >= 0.6 is 0 Å². The molecular weight excluding hydrogens is 190 g/mol. The first kappa shape index (κ1) is 10.9. The Bertz CT molecular complexity index is 259. The lowest BCUT2D eigenvalue weighted by molar-refractivity contribution is 0.0368. The van der Waals surface area contributed by atoms with Gasteiger partial charge in [0.2, 0.25) is 0 Å². The molecule has 1 rings (SSSR count). The Morgan fingerprint density at radius 1 is 1.46 bits per heavy atom. The van der Waals surface area contributed by atoms with Gasteiger partial charge in [-0.05, 0) is 18.3 Å². The molecular formula is C8H17NO3S. The van der Waals surface area contributed by atoms with Gasteiger partial charge in [-0.1, -0.05) is 6.92 Å². The third kappa shape index (κ3) is 2.42. The number of aliphatic hydroxyl groups is 1. The molecule has 0 spiro atoms. The Kier molecular flexibility index (Phi) is 2.99. The average Bonchev–Trinajstić information content (AvgIpc) is 2.09. The molecule has 1 unspecified atom stereocenters. The van der Waals surface area contributed by atoms with Crippen LogP contribution in [0.5, 0.6) is 0 Å². The molecule has 0 aromatic heterocycles. The quantitative estimate of drug-likeness (QED) is 0.641. The molecule has 4 nitrogen and oxygen atoms in total. The van der Waals surface area contributed by atoms with E-state index in [2.05, 4.69) is 0 Å². The van der Waals surface area contributed by atoms with E-state index in [1.165, 1.54) is 0 Å². The first-order valence-electron chi connectivity index (χ1n) is 4.48. The summed E-state index contributed by atoms with van der Waals surface area (Å²) in [5.41, 5.74) is 5.05. The second-order valence-electron chi connectivity index (χ2n) is 4.06. The maximum Gasteiger partial charge on any atom is 0.150 e. The highest BCUT2D eigenvalue weighted by atomic mass is 32.2. The molecule has 1 atom stereocenters. The van der Waals surface area contributed by atoms with Gasteiger partial charge in [0, 0.05) is 6.54 Å². The van der Waals surface area contributed by atoms with Crippen LogP contribution in [-0.2, 0) is 9.84 Å². The van der Waals surface area contributed by atoms with E-state index in [9.17, 15) is 13.5 Å². The molecule has 1 heterocycles. The van der Waals surface area contributed by atoms with Crippen LogP contribution in [0.1, 0.15) is 19.8 Å². The van der Waals surface area contributed by atoms with Crippen molar-refractivity contribution >= 4 is 9.84 Å². The zero-order valence-corrected chi connectivity index (χ0v) is 8.68. The van der Waals surface area contributed by atoms with E-state index in [4.69, 9.17) is 5.73 Å². The summed E-state index contributed by atoms with van der Waals surface area (Å²) in [5.74, 6) is 0.362. The molecule has 1 saturated heterocycles. The van der Waals surface area contributed by atoms with E-state index in [0.717, 1.165) is 0 Å². The Balaban J connectivity index is 2.66. The fourth-order valence-electron chi connectivity index (χ4n) is 1.62. The van der Waals surface area contributed by atoms with Gasteiger partial charge in [0.15, 0.2) is 0 Å². The number of rotatable bonds is 2. The standard InChI is InChI=1S/C8H17NO3S/c1-8(7(10)6-9)2-4-13(11,12)5-3-8/h7,10H,2-6,9H2,1H3. The Morgan fingerprint density at radius 3 is 2.31 bits per heavy atom. The molecule has 0 radical (unpaired) electrons. The summed E-state index contributed by atoms with van der Waals surface area (Å²) < 4.78 is 22.3.